The summed E-state index contributed by atoms with van der Waals surface area (Å²) in [5.74, 6) is 5.42. The average Bonchev–Trinajstić information content (AvgIpc) is 2.37. The summed E-state index contributed by atoms with van der Waals surface area (Å²) in [7, 11) is 0. The van der Waals surface area contributed by atoms with Crippen molar-refractivity contribution in [1.29, 1.82) is 0 Å². The highest BCUT2D eigenvalue weighted by molar-refractivity contribution is 4.68. The first-order chi connectivity index (χ1) is 10.3. The lowest BCUT2D eigenvalue weighted by atomic mass is 9.81. The van der Waals surface area contributed by atoms with Crippen LogP contribution in [0.4, 0.5) is 0 Å². The molecule has 0 aliphatic heterocycles. The van der Waals surface area contributed by atoms with Crippen LogP contribution in [0.15, 0.2) is 0 Å². The van der Waals surface area contributed by atoms with Gasteiger partial charge in [0.25, 0.3) is 0 Å². The van der Waals surface area contributed by atoms with E-state index in [1.165, 1.54) is 51.4 Å². The summed E-state index contributed by atoms with van der Waals surface area (Å²) in [6.45, 7) is 19.4. The van der Waals surface area contributed by atoms with E-state index < -0.39 is 0 Å². The Bertz CT molecular complexity index is 244. The van der Waals surface area contributed by atoms with E-state index >= 15 is 0 Å². The zero-order chi connectivity index (χ0) is 17.1. The van der Waals surface area contributed by atoms with E-state index in [1.807, 2.05) is 0 Å². The van der Waals surface area contributed by atoms with Crippen molar-refractivity contribution in [1.82, 2.24) is 0 Å². The lowest BCUT2D eigenvalue weighted by Gasteiger charge is -2.25. The summed E-state index contributed by atoms with van der Waals surface area (Å²) in [6, 6.07) is 0. The predicted molar refractivity (Wildman–Crippen MR) is 103 cm³/mol. The zero-order valence-corrected chi connectivity index (χ0v) is 17.1. The van der Waals surface area contributed by atoms with Crippen LogP contribution in [-0.4, -0.2) is 0 Å². The molecule has 0 heteroatoms. The third kappa shape index (κ3) is 11.6. The molecule has 0 aromatic carbocycles. The normalized spacial score (nSPS) is 20.2. The Morgan fingerprint density at radius 3 is 1.09 bits per heavy atom. The molecule has 134 valence electrons. The smallest absolute Gasteiger partial charge is 0.0438 e. The molecule has 0 fully saturated rings. The highest BCUT2D eigenvalue weighted by Crippen LogP contribution is 2.29. The van der Waals surface area contributed by atoms with Crippen molar-refractivity contribution in [2.75, 3.05) is 0 Å². The Kier molecular flexibility index (Phi) is 12.4. The highest BCUT2D eigenvalue weighted by atomic mass is 14.2. The monoisotopic (exact) mass is 310 g/mol. The van der Waals surface area contributed by atoms with Crippen molar-refractivity contribution >= 4 is 0 Å². The summed E-state index contributed by atoms with van der Waals surface area (Å²) in [4.78, 5) is 0. The molecule has 6 unspecified atom stereocenters. The van der Waals surface area contributed by atoms with Crippen molar-refractivity contribution in [3.63, 3.8) is 0 Å². The van der Waals surface area contributed by atoms with Crippen LogP contribution in [-0.2, 0) is 0 Å². The van der Waals surface area contributed by atoms with Gasteiger partial charge < -0.3 is 0 Å². The Morgan fingerprint density at radius 1 is 0.455 bits per heavy atom. The van der Waals surface area contributed by atoms with Crippen molar-refractivity contribution < 1.29 is 0 Å². The Balaban J connectivity index is 3.96. The number of hydrogen-bond acceptors (Lipinski definition) is 0. The molecule has 0 aromatic rings. The second-order valence-electron chi connectivity index (χ2n) is 9.01. The molecule has 0 N–H and O–H groups in total. The number of hydrogen-bond donors (Lipinski definition) is 0. The molecule has 0 saturated heterocycles. The van der Waals surface area contributed by atoms with Crippen LogP contribution in [0, 0.1) is 35.5 Å². The lowest BCUT2D eigenvalue weighted by Crippen LogP contribution is -2.13. The first-order valence-electron chi connectivity index (χ1n) is 10.3. The van der Waals surface area contributed by atoms with E-state index in [0.717, 1.165) is 35.5 Å². The molecule has 0 aromatic heterocycles. The third-order valence-corrected chi connectivity index (χ3v) is 5.50. The minimum atomic E-state index is 0.898. The molecule has 0 radical (unpaired) electrons. The van der Waals surface area contributed by atoms with Crippen molar-refractivity contribution in [3.05, 3.63) is 0 Å². The maximum Gasteiger partial charge on any atom is -0.0438 e. The molecule has 0 heterocycles. The highest BCUT2D eigenvalue weighted by Gasteiger charge is 2.17. The molecular formula is C22H46. The topological polar surface area (TPSA) is 0 Å². The summed E-state index contributed by atoms with van der Waals surface area (Å²) in [5, 5.41) is 0. The van der Waals surface area contributed by atoms with Gasteiger partial charge in [-0.1, -0.05) is 74.7 Å². The van der Waals surface area contributed by atoms with Gasteiger partial charge >= 0.3 is 0 Å². The van der Waals surface area contributed by atoms with Crippen molar-refractivity contribution in [2.24, 2.45) is 35.5 Å². The molecule has 0 nitrogen and oxygen atoms in total. The van der Waals surface area contributed by atoms with E-state index in [0.29, 0.717) is 0 Å². The predicted octanol–water partition coefficient (Wildman–Crippen LogP) is 7.96. The fraction of sp³-hybridized carbons (Fsp3) is 1.00. The molecule has 0 aliphatic carbocycles. The van der Waals surface area contributed by atoms with Crippen LogP contribution >= 0.6 is 0 Å². The van der Waals surface area contributed by atoms with Crippen molar-refractivity contribution in [2.45, 2.75) is 107 Å². The second kappa shape index (κ2) is 12.4. The summed E-state index contributed by atoms with van der Waals surface area (Å²) < 4.78 is 0. The maximum absolute atomic E-state index is 2.48. The quantitative estimate of drug-likeness (QED) is 0.323. The fourth-order valence-corrected chi connectivity index (χ4v) is 4.60. The zero-order valence-electron chi connectivity index (χ0n) is 17.1. The van der Waals surface area contributed by atoms with Gasteiger partial charge in [0.15, 0.2) is 0 Å². The summed E-state index contributed by atoms with van der Waals surface area (Å²) in [5.41, 5.74) is 0. The Morgan fingerprint density at radius 2 is 0.773 bits per heavy atom. The molecule has 0 rings (SSSR count). The minimum absolute atomic E-state index is 0.898. The van der Waals surface area contributed by atoms with E-state index in [1.54, 1.807) is 0 Å². The van der Waals surface area contributed by atoms with Crippen molar-refractivity contribution in [3.8, 4) is 0 Å². The van der Waals surface area contributed by atoms with Crippen LogP contribution < -0.4 is 0 Å². The van der Waals surface area contributed by atoms with Gasteiger partial charge in [-0.25, -0.2) is 0 Å². The SMILES string of the molecule is CCCC(C)CC(C)CC(C)CC(C)CC(C)CC(C)CC. The Hall–Kier alpha value is 0. The molecule has 0 aliphatic rings. The molecule has 0 saturated carbocycles. The van der Waals surface area contributed by atoms with Gasteiger partial charge in [0.1, 0.15) is 0 Å². The van der Waals surface area contributed by atoms with Gasteiger partial charge in [-0.05, 0) is 67.6 Å². The molecule has 0 amide bonds. The summed E-state index contributed by atoms with van der Waals surface area (Å²) >= 11 is 0. The second-order valence-corrected chi connectivity index (χ2v) is 9.01. The first kappa shape index (κ1) is 22.0. The van der Waals surface area contributed by atoms with E-state index in [9.17, 15) is 0 Å². The summed E-state index contributed by atoms with van der Waals surface area (Å²) in [6.07, 6.45) is 11.2. The molecule has 0 spiro atoms. The van der Waals surface area contributed by atoms with Gasteiger partial charge in [-0.2, -0.15) is 0 Å². The Labute approximate surface area is 142 Å². The van der Waals surface area contributed by atoms with Gasteiger partial charge in [0.2, 0.25) is 0 Å². The van der Waals surface area contributed by atoms with Crippen LogP contribution in [0.2, 0.25) is 0 Å². The average molecular weight is 311 g/mol. The molecular weight excluding hydrogens is 264 g/mol. The van der Waals surface area contributed by atoms with E-state index in [4.69, 9.17) is 0 Å². The van der Waals surface area contributed by atoms with Gasteiger partial charge in [-0.3, -0.25) is 0 Å². The fourth-order valence-electron chi connectivity index (χ4n) is 4.60. The van der Waals surface area contributed by atoms with Gasteiger partial charge in [0.05, 0.1) is 0 Å². The molecule has 22 heavy (non-hydrogen) atoms. The van der Waals surface area contributed by atoms with Gasteiger partial charge in [-0.15, -0.1) is 0 Å². The van der Waals surface area contributed by atoms with Gasteiger partial charge in [0, 0.05) is 0 Å². The van der Waals surface area contributed by atoms with E-state index in [-0.39, 0.29) is 0 Å². The largest absolute Gasteiger partial charge is 0.0654 e. The van der Waals surface area contributed by atoms with Crippen LogP contribution in [0.1, 0.15) is 107 Å². The molecule has 6 atom stereocenters. The maximum atomic E-state index is 2.48. The number of rotatable bonds is 13. The third-order valence-electron chi connectivity index (χ3n) is 5.50. The standard InChI is InChI=1S/C22H46/c1-9-11-18(4)13-20(6)15-22(8)16-21(7)14-19(5)12-17(3)10-2/h17-22H,9-16H2,1-8H3. The molecule has 0 bridgehead atoms. The van der Waals surface area contributed by atoms with Crippen LogP contribution in [0.5, 0.6) is 0 Å². The lowest BCUT2D eigenvalue weighted by molar-refractivity contribution is 0.269. The van der Waals surface area contributed by atoms with E-state index in [2.05, 4.69) is 55.4 Å². The first-order valence-corrected chi connectivity index (χ1v) is 10.3. The van der Waals surface area contributed by atoms with Crippen LogP contribution in [0.3, 0.4) is 0 Å². The van der Waals surface area contributed by atoms with Crippen LogP contribution in [0.25, 0.3) is 0 Å². The minimum Gasteiger partial charge on any atom is -0.0654 e.